The van der Waals surface area contributed by atoms with Crippen LogP contribution in [0.25, 0.3) is 16.7 Å². The number of rotatable bonds is 6. The number of hydrogen-bond donors (Lipinski definition) is 2. The lowest BCUT2D eigenvalue weighted by atomic mass is 10.1. The van der Waals surface area contributed by atoms with Crippen LogP contribution >= 0.6 is 35.6 Å². The molecule has 0 spiro atoms. The van der Waals surface area contributed by atoms with E-state index in [1.807, 2.05) is 26.0 Å². The molecule has 3 heterocycles. The normalized spacial score (nSPS) is 14.3. The minimum Gasteiger partial charge on any atom is -0.508 e. The highest BCUT2D eigenvalue weighted by atomic mass is 35.5. The quantitative estimate of drug-likeness (QED) is 0.339. The third-order valence-corrected chi connectivity index (χ3v) is 6.93. The number of nitrogens with one attached hydrogen (secondary N) is 1. The van der Waals surface area contributed by atoms with Crippen LogP contribution in [0.2, 0.25) is 10.0 Å². The zero-order valence-electron chi connectivity index (χ0n) is 20.5. The average Bonchev–Trinajstić information content (AvgIpc) is 3.22. The molecule has 37 heavy (non-hydrogen) atoms. The van der Waals surface area contributed by atoms with Crippen molar-refractivity contribution in [1.82, 2.24) is 24.6 Å². The molecule has 0 saturated carbocycles. The first-order chi connectivity index (χ1) is 17.3. The van der Waals surface area contributed by atoms with Gasteiger partial charge in [-0.1, -0.05) is 55.2 Å². The van der Waals surface area contributed by atoms with Crippen LogP contribution in [0.1, 0.15) is 42.4 Å². The molecule has 1 aliphatic heterocycles. The minimum absolute atomic E-state index is 0. The van der Waals surface area contributed by atoms with Gasteiger partial charge in [-0.15, -0.1) is 12.4 Å². The first-order valence-corrected chi connectivity index (χ1v) is 12.6. The molecular formula is C26H28Cl3N5O3. The van der Waals surface area contributed by atoms with Crippen molar-refractivity contribution in [3.05, 3.63) is 79.4 Å². The number of H-pyrrole nitrogens is 1. The molecule has 0 bridgehead atoms. The summed E-state index contributed by atoms with van der Waals surface area (Å²) in [6.45, 7) is 7.59. The minimum atomic E-state index is -0.263. The zero-order valence-corrected chi connectivity index (χ0v) is 22.8. The largest absolute Gasteiger partial charge is 0.508 e. The second kappa shape index (κ2) is 11.4. The summed E-state index contributed by atoms with van der Waals surface area (Å²) in [6, 6.07) is 10.7. The van der Waals surface area contributed by atoms with Crippen molar-refractivity contribution in [2.75, 3.05) is 26.3 Å². The van der Waals surface area contributed by atoms with E-state index in [1.165, 1.54) is 0 Å². The van der Waals surface area contributed by atoms with E-state index in [1.54, 1.807) is 28.9 Å². The molecule has 0 amide bonds. The smallest absolute Gasteiger partial charge is 0.262 e. The number of morpholine rings is 1. The number of hydrogen-bond acceptors (Lipinski definition) is 6. The molecule has 8 nitrogen and oxygen atoms in total. The van der Waals surface area contributed by atoms with Gasteiger partial charge in [0.15, 0.2) is 5.65 Å². The number of ether oxygens (including phenoxy) is 1. The van der Waals surface area contributed by atoms with Gasteiger partial charge in [-0.2, -0.15) is 5.10 Å². The van der Waals surface area contributed by atoms with E-state index < -0.39 is 0 Å². The Hall–Kier alpha value is -2.62. The second-order valence-electron chi connectivity index (χ2n) is 9.26. The molecule has 0 unspecified atom stereocenters. The molecular weight excluding hydrogens is 537 g/mol. The first-order valence-electron chi connectivity index (χ1n) is 11.9. The van der Waals surface area contributed by atoms with Gasteiger partial charge in [0.05, 0.1) is 29.0 Å². The maximum Gasteiger partial charge on any atom is 0.262 e. The SMILES string of the molecule is CC(C)c1nn(-c2c(Cl)cccc2Cl)c2nc(Cc3ccc(O)c(CN4CCOCC4)c3)[nH]c(=O)c12.Cl. The highest BCUT2D eigenvalue weighted by Gasteiger charge is 2.22. The number of nitrogens with zero attached hydrogens (tertiary/aromatic N) is 4. The van der Waals surface area contributed by atoms with Crippen molar-refractivity contribution in [1.29, 1.82) is 0 Å². The third kappa shape index (κ3) is 5.63. The zero-order chi connectivity index (χ0) is 25.4. The van der Waals surface area contributed by atoms with E-state index in [4.69, 9.17) is 38.0 Å². The van der Waals surface area contributed by atoms with Crippen molar-refractivity contribution in [2.45, 2.75) is 32.7 Å². The van der Waals surface area contributed by atoms with Crippen LogP contribution in [0, 0.1) is 0 Å². The summed E-state index contributed by atoms with van der Waals surface area (Å²) in [5.74, 6) is 0.717. The van der Waals surface area contributed by atoms with Gasteiger partial charge in [0.1, 0.15) is 22.6 Å². The number of aromatic amines is 1. The van der Waals surface area contributed by atoms with Crippen molar-refractivity contribution in [2.24, 2.45) is 0 Å². The molecule has 2 aromatic heterocycles. The number of benzene rings is 2. The van der Waals surface area contributed by atoms with E-state index in [9.17, 15) is 9.90 Å². The summed E-state index contributed by atoms with van der Waals surface area (Å²) < 4.78 is 6.98. The second-order valence-corrected chi connectivity index (χ2v) is 10.1. The molecule has 1 fully saturated rings. The van der Waals surface area contributed by atoms with Gasteiger partial charge in [0, 0.05) is 31.6 Å². The average molecular weight is 565 g/mol. The molecule has 2 N–H and O–H groups in total. The van der Waals surface area contributed by atoms with E-state index in [0.29, 0.717) is 64.5 Å². The Kier molecular flexibility index (Phi) is 8.46. The van der Waals surface area contributed by atoms with E-state index in [2.05, 4.69) is 9.88 Å². The van der Waals surface area contributed by atoms with Crippen molar-refractivity contribution >= 4 is 46.6 Å². The monoisotopic (exact) mass is 563 g/mol. The maximum absolute atomic E-state index is 13.2. The van der Waals surface area contributed by atoms with Crippen LogP contribution in [0.3, 0.4) is 0 Å². The number of aromatic hydroxyl groups is 1. The topological polar surface area (TPSA) is 96.3 Å². The fourth-order valence-corrected chi connectivity index (χ4v) is 5.06. The lowest BCUT2D eigenvalue weighted by Gasteiger charge is -2.27. The molecule has 0 atom stereocenters. The number of phenolic OH excluding ortho intramolecular Hbond substituents is 1. The molecule has 1 saturated heterocycles. The Balaban J connectivity index is 0.00000320. The fourth-order valence-electron chi connectivity index (χ4n) is 4.50. The predicted molar refractivity (Wildman–Crippen MR) is 148 cm³/mol. The van der Waals surface area contributed by atoms with Crippen LogP contribution in [0.5, 0.6) is 5.75 Å². The van der Waals surface area contributed by atoms with Gasteiger partial charge in [-0.05, 0) is 29.7 Å². The van der Waals surface area contributed by atoms with Crippen LogP contribution < -0.4 is 5.56 Å². The van der Waals surface area contributed by atoms with Gasteiger partial charge in [-0.3, -0.25) is 9.69 Å². The molecule has 2 aromatic carbocycles. The Bertz CT molecular complexity index is 1460. The van der Waals surface area contributed by atoms with Gasteiger partial charge in [0.2, 0.25) is 0 Å². The van der Waals surface area contributed by atoms with E-state index in [0.717, 1.165) is 24.2 Å². The fraction of sp³-hybridized carbons (Fsp3) is 0.346. The number of para-hydroxylation sites is 1. The van der Waals surface area contributed by atoms with Crippen molar-refractivity contribution in [3.8, 4) is 11.4 Å². The lowest BCUT2D eigenvalue weighted by Crippen LogP contribution is -2.35. The summed E-state index contributed by atoms with van der Waals surface area (Å²) in [4.78, 5) is 23.2. The summed E-state index contributed by atoms with van der Waals surface area (Å²) in [5, 5.41) is 16.4. The Morgan fingerprint density at radius 3 is 2.51 bits per heavy atom. The summed E-state index contributed by atoms with van der Waals surface area (Å²) in [6.07, 6.45) is 0.375. The number of halogens is 3. The molecule has 5 rings (SSSR count). The highest BCUT2D eigenvalue weighted by molar-refractivity contribution is 6.37. The van der Waals surface area contributed by atoms with Crippen LogP contribution in [0.15, 0.2) is 41.2 Å². The van der Waals surface area contributed by atoms with E-state index in [-0.39, 0.29) is 29.6 Å². The maximum atomic E-state index is 13.2. The summed E-state index contributed by atoms with van der Waals surface area (Å²) in [5.41, 5.74) is 3.00. The van der Waals surface area contributed by atoms with Gasteiger partial charge >= 0.3 is 0 Å². The molecule has 4 aromatic rings. The molecule has 196 valence electrons. The highest BCUT2D eigenvalue weighted by Crippen LogP contribution is 2.32. The van der Waals surface area contributed by atoms with E-state index >= 15 is 0 Å². The number of phenols is 1. The number of aromatic nitrogens is 4. The standard InChI is InChI=1S/C26H27Cl2N5O3.ClH/c1-15(2)23-22-25(33(31-23)24-18(27)4-3-5-19(24)28)29-21(30-26(22)35)13-16-6-7-20(34)17(12-16)14-32-8-10-36-11-9-32;/h3-7,12,15,34H,8-11,13-14H2,1-2H3,(H,29,30,35);1H. The van der Waals surface area contributed by atoms with Gasteiger partial charge in [0.25, 0.3) is 5.56 Å². The lowest BCUT2D eigenvalue weighted by molar-refractivity contribution is 0.0339. The Labute approximate surface area is 230 Å². The molecule has 0 radical (unpaired) electrons. The van der Waals surface area contributed by atoms with Crippen molar-refractivity contribution in [3.63, 3.8) is 0 Å². The van der Waals surface area contributed by atoms with Crippen LogP contribution in [-0.4, -0.2) is 56.1 Å². The molecule has 11 heteroatoms. The summed E-state index contributed by atoms with van der Waals surface area (Å²) >= 11 is 13.0. The molecule has 1 aliphatic rings. The predicted octanol–water partition coefficient (Wildman–Crippen LogP) is 5.09. The van der Waals surface area contributed by atoms with Gasteiger partial charge < -0.3 is 14.8 Å². The Morgan fingerprint density at radius 1 is 1.14 bits per heavy atom. The summed E-state index contributed by atoms with van der Waals surface area (Å²) in [7, 11) is 0. The van der Waals surface area contributed by atoms with Gasteiger partial charge in [-0.25, -0.2) is 9.67 Å². The first kappa shape index (κ1) is 27.4. The van der Waals surface area contributed by atoms with Crippen molar-refractivity contribution < 1.29 is 9.84 Å². The third-order valence-electron chi connectivity index (χ3n) is 6.32. The van der Waals surface area contributed by atoms with Crippen LogP contribution in [0.4, 0.5) is 0 Å². The Morgan fingerprint density at radius 2 is 1.84 bits per heavy atom. The molecule has 0 aliphatic carbocycles. The van der Waals surface area contributed by atoms with Crippen LogP contribution in [-0.2, 0) is 17.7 Å². The number of fused-ring (bicyclic) bond motifs is 1.